The summed E-state index contributed by atoms with van der Waals surface area (Å²) in [5.74, 6) is -1.04. The van der Waals surface area contributed by atoms with Crippen molar-refractivity contribution in [3.8, 4) is 0 Å². The standard InChI is InChI=1S/C13H20N2O3S2/c1-4-13(5-2,19-3)8-14-12(18)15-10-9(11(16)17)6-7-20-10/h6-7H,4-5,8H2,1-3H3,(H,16,17)(H2,14,15,18). The quantitative estimate of drug-likeness (QED) is 0.719. The zero-order valence-electron chi connectivity index (χ0n) is 11.9. The number of nitrogens with one attached hydrogen (secondary N) is 2. The Hall–Kier alpha value is -1.21. The van der Waals surface area contributed by atoms with Crippen molar-refractivity contribution in [2.45, 2.75) is 31.4 Å². The molecule has 1 rings (SSSR count). The number of hydrogen-bond acceptors (Lipinski definition) is 4. The van der Waals surface area contributed by atoms with Gasteiger partial charge in [0.25, 0.3) is 0 Å². The first-order valence-corrected chi connectivity index (χ1v) is 8.49. The fourth-order valence-electron chi connectivity index (χ4n) is 1.82. The predicted molar refractivity (Wildman–Crippen MR) is 85.1 cm³/mol. The number of carboxylic acid groups (broad SMARTS) is 1. The van der Waals surface area contributed by atoms with E-state index in [1.165, 1.54) is 17.4 Å². The summed E-state index contributed by atoms with van der Waals surface area (Å²) in [4.78, 5) is 22.8. The second kappa shape index (κ2) is 7.54. The number of rotatable bonds is 7. The molecule has 1 aromatic rings. The Morgan fingerprint density at radius 3 is 2.55 bits per heavy atom. The number of hydrogen-bond donors (Lipinski definition) is 3. The largest absolute Gasteiger partial charge is 0.478 e. The molecule has 5 nitrogen and oxygen atoms in total. The minimum Gasteiger partial charge on any atom is -0.478 e. The van der Waals surface area contributed by atoms with Crippen LogP contribution in [-0.2, 0) is 0 Å². The molecule has 3 N–H and O–H groups in total. The van der Waals surface area contributed by atoms with Crippen LogP contribution in [0.15, 0.2) is 11.4 Å². The van der Waals surface area contributed by atoms with Crippen molar-refractivity contribution < 1.29 is 14.7 Å². The lowest BCUT2D eigenvalue weighted by atomic mass is 10.0. The van der Waals surface area contributed by atoms with Gasteiger partial charge in [0.15, 0.2) is 0 Å². The lowest BCUT2D eigenvalue weighted by Crippen LogP contribution is -2.41. The van der Waals surface area contributed by atoms with Gasteiger partial charge in [0, 0.05) is 11.3 Å². The van der Waals surface area contributed by atoms with Crippen molar-refractivity contribution >= 4 is 40.1 Å². The Bertz CT molecular complexity index is 462. The van der Waals surface area contributed by atoms with Gasteiger partial charge in [-0.05, 0) is 30.5 Å². The molecule has 1 heterocycles. The number of carbonyl (C=O) groups is 2. The van der Waals surface area contributed by atoms with E-state index in [1.54, 1.807) is 17.1 Å². The molecule has 0 atom stereocenters. The SMILES string of the molecule is CCC(CC)(CNC(=O)Nc1sccc1C(=O)O)SC. The Morgan fingerprint density at radius 2 is 2.05 bits per heavy atom. The lowest BCUT2D eigenvalue weighted by Gasteiger charge is -2.29. The average molecular weight is 316 g/mol. The molecule has 0 spiro atoms. The third-order valence-electron chi connectivity index (χ3n) is 3.42. The van der Waals surface area contributed by atoms with E-state index in [4.69, 9.17) is 5.11 Å². The van der Waals surface area contributed by atoms with Crippen LogP contribution >= 0.6 is 23.1 Å². The Morgan fingerprint density at radius 1 is 1.40 bits per heavy atom. The van der Waals surface area contributed by atoms with Crippen LogP contribution < -0.4 is 10.6 Å². The van der Waals surface area contributed by atoms with E-state index in [0.29, 0.717) is 11.5 Å². The molecule has 0 fully saturated rings. The van der Waals surface area contributed by atoms with Gasteiger partial charge < -0.3 is 10.4 Å². The molecule has 0 bridgehead atoms. The number of urea groups is 1. The van der Waals surface area contributed by atoms with Crippen LogP contribution in [0.3, 0.4) is 0 Å². The van der Waals surface area contributed by atoms with E-state index in [2.05, 4.69) is 24.5 Å². The summed E-state index contributed by atoms with van der Waals surface area (Å²) in [6.45, 7) is 4.75. The molecule has 0 radical (unpaired) electrons. The molecule has 7 heteroatoms. The van der Waals surface area contributed by atoms with E-state index in [1.807, 2.05) is 6.26 Å². The molecule has 0 saturated carbocycles. The molecular formula is C13H20N2O3S2. The van der Waals surface area contributed by atoms with Crippen LogP contribution in [0.2, 0.25) is 0 Å². The van der Waals surface area contributed by atoms with Crippen molar-refractivity contribution in [3.05, 3.63) is 17.0 Å². The Labute approximate surface area is 127 Å². The third-order valence-corrected chi connectivity index (χ3v) is 5.83. The highest BCUT2D eigenvalue weighted by atomic mass is 32.2. The van der Waals surface area contributed by atoms with Gasteiger partial charge in [0.05, 0.1) is 5.56 Å². The number of carbonyl (C=O) groups excluding carboxylic acids is 1. The molecule has 0 aliphatic heterocycles. The summed E-state index contributed by atoms with van der Waals surface area (Å²) in [6.07, 6.45) is 3.96. The molecule has 0 aliphatic rings. The molecule has 0 unspecified atom stereocenters. The zero-order valence-corrected chi connectivity index (χ0v) is 13.5. The van der Waals surface area contributed by atoms with Crippen molar-refractivity contribution in [1.29, 1.82) is 0 Å². The predicted octanol–water partition coefficient (Wildman–Crippen LogP) is 3.49. The molecule has 0 aromatic carbocycles. The first-order chi connectivity index (χ1) is 9.48. The highest BCUT2D eigenvalue weighted by Gasteiger charge is 2.25. The van der Waals surface area contributed by atoms with Crippen LogP contribution in [0.4, 0.5) is 9.80 Å². The van der Waals surface area contributed by atoms with Crippen molar-refractivity contribution in [3.63, 3.8) is 0 Å². The molecule has 0 aliphatic carbocycles. The summed E-state index contributed by atoms with van der Waals surface area (Å²) >= 11 is 2.94. The lowest BCUT2D eigenvalue weighted by molar-refractivity contribution is 0.0698. The Balaban J connectivity index is 2.60. The highest BCUT2D eigenvalue weighted by molar-refractivity contribution is 8.00. The highest BCUT2D eigenvalue weighted by Crippen LogP contribution is 2.29. The van der Waals surface area contributed by atoms with E-state index in [9.17, 15) is 9.59 Å². The average Bonchev–Trinajstić information content (AvgIpc) is 2.89. The zero-order chi connectivity index (χ0) is 15.2. The van der Waals surface area contributed by atoms with Gasteiger partial charge in [-0.3, -0.25) is 5.32 Å². The van der Waals surface area contributed by atoms with E-state index >= 15 is 0 Å². The minimum absolute atomic E-state index is 0.0302. The minimum atomic E-state index is -1.04. The van der Waals surface area contributed by atoms with Crippen molar-refractivity contribution in [2.75, 3.05) is 18.1 Å². The first-order valence-electron chi connectivity index (χ1n) is 6.38. The normalized spacial score (nSPS) is 11.2. The van der Waals surface area contributed by atoms with E-state index < -0.39 is 5.97 Å². The maximum absolute atomic E-state index is 11.9. The molecule has 20 heavy (non-hydrogen) atoms. The molecule has 1 aromatic heterocycles. The molecule has 2 amide bonds. The molecule has 0 saturated heterocycles. The third kappa shape index (κ3) is 4.14. The van der Waals surface area contributed by atoms with Gasteiger partial charge in [0.2, 0.25) is 0 Å². The second-order valence-corrected chi connectivity index (χ2v) is 6.56. The number of carboxylic acids is 1. The van der Waals surface area contributed by atoms with Gasteiger partial charge >= 0.3 is 12.0 Å². The van der Waals surface area contributed by atoms with Gasteiger partial charge in [-0.2, -0.15) is 11.8 Å². The number of amides is 2. The summed E-state index contributed by atoms with van der Waals surface area (Å²) in [5.41, 5.74) is 0.118. The first kappa shape index (κ1) is 16.8. The fraction of sp³-hybridized carbons (Fsp3) is 0.538. The number of anilines is 1. The van der Waals surface area contributed by atoms with Gasteiger partial charge in [-0.25, -0.2) is 9.59 Å². The van der Waals surface area contributed by atoms with Crippen molar-refractivity contribution in [1.82, 2.24) is 5.32 Å². The molecular weight excluding hydrogens is 296 g/mol. The number of aromatic carboxylic acids is 1. The summed E-state index contributed by atoms with van der Waals surface area (Å²) in [5, 5.41) is 16.4. The van der Waals surface area contributed by atoms with Gasteiger partial charge in [-0.15, -0.1) is 11.3 Å². The maximum Gasteiger partial charge on any atom is 0.338 e. The van der Waals surface area contributed by atoms with Crippen molar-refractivity contribution in [2.24, 2.45) is 0 Å². The monoisotopic (exact) mass is 316 g/mol. The number of thiophene rings is 1. The maximum atomic E-state index is 11.9. The summed E-state index contributed by atoms with van der Waals surface area (Å²) in [6, 6.07) is 1.11. The van der Waals surface area contributed by atoms with Gasteiger partial charge in [-0.1, -0.05) is 13.8 Å². The summed E-state index contributed by atoms with van der Waals surface area (Å²) in [7, 11) is 0. The van der Waals surface area contributed by atoms with E-state index in [-0.39, 0.29) is 16.3 Å². The second-order valence-electron chi connectivity index (χ2n) is 4.37. The van der Waals surface area contributed by atoms with Crippen LogP contribution in [0.5, 0.6) is 0 Å². The molecule has 112 valence electrons. The Kier molecular flexibility index (Phi) is 6.35. The topological polar surface area (TPSA) is 78.4 Å². The van der Waals surface area contributed by atoms with Crippen LogP contribution in [0.25, 0.3) is 0 Å². The van der Waals surface area contributed by atoms with Crippen LogP contribution in [0, 0.1) is 0 Å². The van der Waals surface area contributed by atoms with Crippen LogP contribution in [-0.4, -0.2) is 34.7 Å². The summed E-state index contributed by atoms with van der Waals surface area (Å²) < 4.78 is 0.0302. The number of thioether (sulfide) groups is 1. The van der Waals surface area contributed by atoms with E-state index in [0.717, 1.165) is 12.8 Å². The fourth-order valence-corrected chi connectivity index (χ4v) is 3.39. The van der Waals surface area contributed by atoms with Crippen LogP contribution in [0.1, 0.15) is 37.0 Å². The smallest absolute Gasteiger partial charge is 0.338 e. The van der Waals surface area contributed by atoms with Gasteiger partial charge in [0.1, 0.15) is 5.00 Å².